The summed E-state index contributed by atoms with van der Waals surface area (Å²) >= 11 is 0. The number of anilines is 3. The lowest BCUT2D eigenvalue weighted by molar-refractivity contribution is 0.191. The number of sulfonamides is 1. The molecule has 0 unspecified atom stereocenters. The Morgan fingerprint density at radius 3 is 2.59 bits per heavy atom. The molecule has 0 aliphatic carbocycles. The molecule has 2 aromatic carbocycles. The van der Waals surface area contributed by atoms with Gasteiger partial charge in [-0.15, -0.1) is 0 Å². The zero-order valence-electron chi connectivity index (χ0n) is 14.3. The van der Waals surface area contributed by atoms with Crippen molar-refractivity contribution in [2.24, 2.45) is 5.14 Å². The summed E-state index contributed by atoms with van der Waals surface area (Å²) in [7, 11) is -3.79. The van der Waals surface area contributed by atoms with E-state index in [0.717, 1.165) is 5.56 Å². The Morgan fingerprint density at radius 1 is 1.07 bits per heavy atom. The van der Waals surface area contributed by atoms with Gasteiger partial charge < -0.3 is 15.7 Å². The van der Waals surface area contributed by atoms with Crippen molar-refractivity contribution in [1.29, 1.82) is 0 Å². The highest BCUT2D eigenvalue weighted by Crippen LogP contribution is 2.18. The van der Waals surface area contributed by atoms with Crippen LogP contribution in [0.1, 0.15) is 11.7 Å². The number of benzene rings is 2. The molecule has 0 bridgehead atoms. The monoisotopic (exact) mass is 385 g/mol. The highest BCUT2D eigenvalue weighted by atomic mass is 32.2. The van der Waals surface area contributed by atoms with Gasteiger partial charge in [-0.3, -0.25) is 0 Å². The maximum absolute atomic E-state index is 11.4. The van der Waals surface area contributed by atoms with Crippen molar-refractivity contribution >= 4 is 27.5 Å². The highest BCUT2D eigenvalue weighted by Gasteiger charge is 2.10. The van der Waals surface area contributed by atoms with Gasteiger partial charge in [0.25, 0.3) is 0 Å². The second kappa shape index (κ2) is 8.12. The van der Waals surface area contributed by atoms with Crippen molar-refractivity contribution < 1.29 is 13.5 Å². The molecule has 0 saturated carbocycles. The fraction of sp³-hybridized carbons (Fsp3) is 0.111. The third kappa shape index (κ3) is 5.23. The molecule has 0 amide bonds. The van der Waals surface area contributed by atoms with Crippen LogP contribution in [0.25, 0.3) is 0 Å². The number of rotatable bonds is 7. The van der Waals surface area contributed by atoms with E-state index in [4.69, 9.17) is 5.14 Å². The summed E-state index contributed by atoms with van der Waals surface area (Å²) in [6.45, 7) is 0.279. The Bertz CT molecular complexity index is 1010. The van der Waals surface area contributed by atoms with Crippen LogP contribution < -0.4 is 15.8 Å². The Morgan fingerprint density at radius 2 is 1.85 bits per heavy atom. The number of nitrogens with one attached hydrogen (secondary N) is 2. The predicted octanol–water partition coefficient (Wildman–Crippen LogP) is 2.01. The van der Waals surface area contributed by atoms with Crippen LogP contribution in [0.4, 0.5) is 17.5 Å². The maximum Gasteiger partial charge on any atom is 0.238 e. The summed E-state index contributed by atoms with van der Waals surface area (Å²) < 4.78 is 22.9. The van der Waals surface area contributed by atoms with Gasteiger partial charge in [0.1, 0.15) is 5.82 Å². The molecule has 3 rings (SSSR count). The van der Waals surface area contributed by atoms with Crippen molar-refractivity contribution in [2.45, 2.75) is 11.0 Å². The number of aliphatic hydroxyl groups is 1. The molecule has 8 nitrogen and oxygen atoms in total. The van der Waals surface area contributed by atoms with E-state index in [1.165, 1.54) is 12.1 Å². The molecule has 27 heavy (non-hydrogen) atoms. The van der Waals surface area contributed by atoms with E-state index in [9.17, 15) is 13.5 Å². The first kappa shape index (κ1) is 18.8. The first-order valence-electron chi connectivity index (χ1n) is 8.11. The molecule has 0 aliphatic heterocycles. The van der Waals surface area contributed by atoms with Gasteiger partial charge in [-0.05, 0) is 29.8 Å². The van der Waals surface area contributed by atoms with Crippen LogP contribution in [0.2, 0.25) is 0 Å². The third-order valence-electron chi connectivity index (χ3n) is 3.74. The first-order valence-corrected chi connectivity index (χ1v) is 9.66. The largest absolute Gasteiger partial charge is 0.387 e. The number of hydrogen-bond acceptors (Lipinski definition) is 7. The summed E-state index contributed by atoms with van der Waals surface area (Å²) in [5.74, 6) is 0.797. The zero-order chi connectivity index (χ0) is 19.3. The summed E-state index contributed by atoms with van der Waals surface area (Å²) in [4.78, 5) is 8.40. The van der Waals surface area contributed by atoms with Gasteiger partial charge in [0.05, 0.1) is 11.0 Å². The summed E-state index contributed by atoms with van der Waals surface area (Å²) in [5.41, 5.74) is 1.29. The van der Waals surface area contributed by atoms with Crippen LogP contribution in [0, 0.1) is 0 Å². The maximum atomic E-state index is 11.4. The average Bonchev–Trinajstić information content (AvgIpc) is 2.67. The second-order valence-corrected chi connectivity index (χ2v) is 7.33. The Hall–Kier alpha value is -3.01. The van der Waals surface area contributed by atoms with E-state index in [0.29, 0.717) is 11.5 Å². The minimum Gasteiger partial charge on any atom is -0.387 e. The van der Waals surface area contributed by atoms with Crippen LogP contribution in [0.5, 0.6) is 0 Å². The van der Waals surface area contributed by atoms with E-state index in [1.807, 2.05) is 30.3 Å². The van der Waals surface area contributed by atoms with Crippen molar-refractivity contribution in [3.63, 3.8) is 0 Å². The molecular formula is C18H19N5O3S. The predicted molar refractivity (Wildman–Crippen MR) is 103 cm³/mol. The first-order chi connectivity index (χ1) is 12.9. The molecule has 9 heteroatoms. The Kier molecular flexibility index (Phi) is 5.65. The number of nitrogens with two attached hydrogens (primary N) is 1. The van der Waals surface area contributed by atoms with Gasteiger partial charge in [0, 0.05) is 18.4 Å². The summed E-state index contributed by atoms with van der Waals surface area (Å²) in [6.07, 6.45) is 0.875. The molecule has 0 saturated heterocycles. The summed E-state index contributed by atoms with van der Waals surface area (Å²) in [5, 5.41) is 21.3. The van der Waals surface area contributed by atoms with Gasteiger partial charge in [-0.1, -0.05) is 36.4 Å². The van der Waals surface area contributed by atoms with E-state index in [2.05, 4.69) is 20.6 Å². The van der Waals surface area contributed by atoms with Crippen molar-refractivity contribution in [2.75, 3.05) is 17.2 Å². The quantitative estimate of drug-likeness (QED) is 0.489. The fourth-order valence-corrected chi connectivity index (χ4v) is 2.95. The van der Waals surface area contributed by atoms with Gasteiger partial charge in [-0.2, -0.15) is 4.98 Å². The number of nitrogens with zero attached hydrogens (tertiary/aromatic N) is 2. The molecule has 1 heterocycles. The molecule has 140 valence electrons. The molecule has 0 fully saturated rings. The van der Waals surface area contributed by atoms with E-state index < -0.39 is 16.1 Å². The lowest BCUT2D eigenvalue weighted by Crippen LogP contribution is -2.13. The number of hydrogen-bond donors (Lipinski definition) is 4. The molecule has 0 radical (unpaired) electrons. The molecule has 1 aromatic heterocycles. The number of aliphatic hydroxyl groups excluding tert-OH is 1. The van der Waals surface area contributed by atoms with Crippen LogP contribution >= 0.6 is 0 Å². The van der Waals surface area contributed by atoms with Gasteiger partial charge in [0.15, 0.2) is 0 Å². The smallest absolute Gasteiger partial charge is 0.238 e. The fourth-order valence-electron chi connectivity index (χ4n) is 2.39. The number of aromatic nitrogens is 2. The molecular weight excluding hydrogens is 366 g/mol. The highest BCUT2D eigenvalue weighted by molar-refractivity contribution is 7.89. The minimum atomic E-state index is -3.79. The van der Waals surface area contributed by atoms with E-state index in [-0.39, 0.29) is 17.4 Å². The zero-order valence-corrected chi connectivity index (χ0v) is 15.1. The topological polar surface area (TPSA) is 130 Å². The van der Waals surface area contributed by atoms with E-state index in [1.54, 1.807) is 24.4 Å². The van der Waals surface area contributed by atoms with Crippen LogP contribution in [0.3, 0.4) is 0 Å². The van der Waals surface area contributed by atoms with Crippen molar-refractivity contribution in [3.8, 4) is 0 Å². The molecule has 5 N–H and O–H groups in total. The van der Waals surface area contributed by atoms with Gasteiger partial charge in [0.2, 0.25) is 16.0 Å². The van der Waals surface area contributed by atoms with Crippen molar-refractivity contribution in [3.05, 3.63) is 72.4 Å². The summed E-state index contributed by atoms with van der Waals surface area (Å²) in [6, 6.07) is 17.0. The second-order valence-electron chi connectivity index (χ2n) is 5.77. The van der Waals surface area contributed by atoms with E-state index >= 15 is 0 Å². The van der Waals surface area contributed by atoms with Crippen LogP contribution in [0.15, 0.2) is 71.8 Å². The number of primary sulfonamides is 1. The molecule has 1 atom stereocenters. The standard InChI is InChI=1S/C18H19N5O3S/c19-27(25,26)15-8-4-7-14(11-15)22-18-20-10-9-17(23-18)21-12-16(24)13-5-2-1-3-6-13/h1-11,16,24H,12H2,(H2,19,25,26)(H2,20,21,22,23)/t16-/m1/s1. The Balaban J connectivity index is 1.67. The molecule has 0 aliphatic rings. The van der Waals surface area contributed by atoms with Crippen LogP contribution in [-0.2, 0) is 10.0 Å². The van der Waals surface area contributed by atoms with Crippen LogP contribution in [-0.4, -0.2) is 30.0 Å². The SMILES string of the molecule is NS(=O)(=O)c1cccc(Nc2nccc(NC[C@@H](O)c3ccccc3)n2)c1. The molecule has 0 spiro atoms. The van der Waals surface area contributed by atoms with Gasteiger partial charge >= 0.3 is 0 Å². The van der Waals surface area contributed by atoms with Crippen molar-refractivity contribution in [1.82, 2.24) is 9.97 Å². The van der Waals surface area contributed by atoms with Gasteiger partial charge in [-0.25, -0.2) is 18.5 Å². The normalized spacial score (nSPS) is 12.4. The third-order valence-corrected chi connectivity index (χ3v) is 4.65. The Labute approximate surface area is 157 Å². The lowest BCUT2D eigenvalue weighted by Gasteiger charge is -2.13. The molecule has 3 aromatic rings. The average molecular weight is 385 g/mol. The lowest BCUT2D eigenvalue weighted by atomic mass is 10.1. The minimum absolute atomic E-state index is 0.00670.